The molecule has 3 amide bonds. The Morgan fingerprint density at radius 2 is 1.80 bits per heavy atom. The number of piperazine rings is 1. The van der Waals surface area contributed by atoms with Crippen molar-refractivity contribution in [3.8, 4) is 0 Å². The highest BCUT2D eigenvalue weighted by atomic mass is 35.5. The molecule has 0 saturated carbocycles. The fraction of sp³-hybridized carbons (Fsp3) is 0.222. The summed E-state index contributed by atoms with van der Waals surface area (Å²) in [5, 5.41) is 3.34. The number of nitrogens with zero attached hydrogens (tertiary/aromatic N) is 3. The molecule has 178 valence electrons. The Balaban J connectivity index is 1.66. The average Bonchev–Trinajstić information content (AvgIpc) is 3.25. The first kappa shape index (κ1) is 23.1. The summed E-state index contributed by atoms with van der Waals surface area (Å²) in [5.74, 6) is -0.129. The van der Waals surface area contributed by atoms with Gasteiger partial charge in [-0.2, -0.15) is 0 Å². The molecular weight excluding hydrogens is 467 g/mol. The zero-order valence-corrected chi connectivity index (χ0v) is 19.9. The van der Waals surface area contributed by atoms with Crippen molar-refractivity contribution in [2.45, 2.75) is 19.0 Å². The van der Waals surface area contributed by atoms with Crippen LogP contribution < -0.4 is 5.32 Å². The first-order valence-corrected chi connectivity index (χ1v) is 11.8. The van der Waals surface area contributed by atoms with E-state index in [1.807, 2.05) is 43.3 Å². The number of hydrogen-bond acceptors (Lipinski definition) is 3. The number of aryl methyl sites for hydroxylation is 1. The number of nitrogens with one attached hydrogen (secondary N) is 1. The Labute approximate surface area is 208 Å². The summed E-state index contributed by atoms with van der Waals surface area (Å²) in [6.07, 6.45) is 0. The molecule has 2 aliphatic rings. The summed E-state index contributed by atoms with van der Waals surface area (Å²) in [5.41, 5.74) is 3.31. The van der Waals surface area contributed by atoms with Crippen LogP contribution in [0.25, 0.3) is 0 Å². The third-order valence-corrected chi connectivity index (χ3v) is 6.55. The highest BCUT2D eigenvalue weighted by molar-refractivity contribution is 6.30. The van der Waals surface area contributed by atoms with Crippen molar-refractivity contribution in [2.24, 2.45) is 4.99 Å². The van der Waals surface area contributed by atoms with Crippen LogP contribution in [-0.2, 0) is 4.79 Å². The molecule has 3 aromatic carbocycles. The van der Waals surface area contributed by atoms with Crippen LogP contribution in [0.4, 0.5) is 9.18 Å². The van der Waals surface area contributed by atoms with Crippen LogP contribution in [0.1, 0.15) is 34.3 Å². The fourth-order valence-corrected chi connectivity index (χ4v) is 4.68. The van der Waals surface area contributed by atoms with Gasteiger partial charge >= 0.3 is 6.03 Å². The number of carbonyl (C=O) groups is 2. The topological polar surface area (TPSA) is 65.0 Å². The minimum atomic E-state index is -0.610. The number of hydrogen-bond donors (Lipinski definition) is 1. The van der Waals surface area contributed by atoms with E-state index in [1.165, 1.54) is 17.0 Å². The molecule has 1 fully saturated rings. The lowest BCUT2D eigenvalue weighted by molar-refractivity contribution is -0.123. The van der Waals surface area contributed by atoms with E-state index in [0.717, 1.165) is 16.7 Å². The quantitative estimate of drug-likeness (QED) is 0.568. The Hall–Kier alpha value is -3.71. The predicted molar refractivity (Wildman–Crippen MR) is 133 cm³/mol. The zero-order chi connectivity index (χ0) is 24.5. The summed E-state index contributed by atoms with van der Waals surface area (Å²) in [7, 11) is 0. The minimum Gasteiger partial charge on any atom is -0.353 e. The summed E-state index contributed by atoms with van der Waals surface area (Å²) < 4.78 is 14.4. The number of amidine groups is 1. The molecule has 2 heterocycles. The first-order valence-electron chi connectivity index (χ1n) is 11.4. The van der Waals surface area contributed by atoms with Crippen LogP contribution in [0, 0.1) is 12.7 Å². The van der Waals surface area contributed by atoms with Gasteiger partial charge in [0.2, 0.25) is 5.91 Å². The van der Waals surface area contributed by atoms with Crippen molar-refractivity contribution >= 4 is 29.4 Å². The largest absolute Gasteiger partial charge is 0.353 e. The smallest absolute Gasteiger partial charge is 0.326 e. The standard InChI is InChI=1S/C27H24ClFN4O2/c1-17-5-7-19(8-6-17)26-31-24(18-9-11-21(28)12-10-18)25(20-3-2-4-22(29)15-20)33(26)27(35)32-14-13-30-23(34)16-32/h2-12,15,24-25H,13-14,16H2,1H3,(H,30,34). The van der Waals surface area contributed by atoms with Crippen molar-refractivity contribution in [3.63, 3.8) is 0 Å². The number of carbonyl (C=O) groups excluding carboxylic acids is 2. The van der Waals surface area contributed by atoms with Crippen molar-refractivity contribution in [1.82, 2.24) is 15.1 Å². The van der Waals surface area contributed by atoms with E-state index in [0.29, 0.717) is 29.5 Å². The number of urea groups is 1. The summed E-state index contributed by atoms with van der Waals surface area (Å²) in [6.45, 7) is 2.70. The average molecular weight is 491 g/mol. The van der Waals surface area contributed by atoms with E-state index in [2.05, 4.69) is 5.32 Å². The van der Waals surface area contributed by atoms with Crippen LogP contribution in [0.2, 0.25) is 5.02 Å². The van der Waals surface area contributed by atoms with Crippen LogP contribution in [0.15, 0.2) is 77.8 Å². The highest BCUT2D eigenvalue weighted by Crippen LogP contribution is 2.44. The van der Waals surface area contributed by atoms with Crippen molar-refractivity contribution in [1.29, 1.82) is 0 Å². The number of halogens is 2. The number of amides is 3. The molecule has 2 atom stereocenters. The van der Waals surface area contributed by atoms with Crippen LogP contribution >= 0.6 is 11.6 Å². The molecule has 1 saturated heterocycles. The maximum Gasteiger partial charge on any atom is 0.326 e. The first-order chi connectivity index (χ1) is 16.9. The number of benzene rings is 3. The second-order valence-electron chi connectivity index (χ2n) is 8.74. The van der Waals surface area contributed by atoms with Crippen molar-refractivity contribution in [3.05, 3.63) is 106 Å². The molecule has 1 N–H and O–H groups in total. The predicted octanol–water partition coefficient (Wildman–Crippen LogP) is 4.88. The second-order valence-corrected chi connectivity index (χ2v) is 9.18. The van der Waals surface area contributed by atoms with Crippen molar-refractivity contribution < 1.29 is 14.0 Å². The van der Waals surface area contributed by atoms with E-state index < -0.39 is 17.9 Å². The van der Waals surface area contributed by atoms with Gasteiger partial charge in [-0.15, -0.1) is 0 Å². The SMILES string of the molecule is Cc1ccc(C2=NC(c3ccc(Cl)cc3)C(c3cccc(F)c3)N2C(=O)N2CCNC(=O)C2)cc1. The van der Waals surface area contributed by atoms with Gasteiger partial charge < -0.3 is 10.2 Å². The molecule has 2 unspecified atom stereocenters. The maximum absolute atomic E-state index is 14.4. The van der Waals surface area contributed by atoms with E-state index in [4.69, 9.17) is 16.6 Å². The van der Waals surface area contributed by atoms with Gasteiger partial charge in [0, 0.05) is 23.7 Å². The lowest BCUT2D eigenvalue weighted by atomic mass is 9.93. The van der Waals surface area contributed by atoms with Gasteiger partial charge in [0.05, 0.1) is 6.04 Å². The molecule has 6 nitrogen and oxygen atoms in total. The Morgan fingerprint density at radius 1 is 1.06 bits per heavy atom. The van der Waals surface area contributed by atoms with E-state index in [9.17, 15) is 14.0 Å². The molecule has 0 aromatic heterocycles. The monoisotopic (exact) mass is 490 g/mol. The number of aliphatic imine (C=N–C) groups is 1. The molecule has 0 radical (unpaired) electrons. The summed E-state index contributed by atoms with van der Waals surface area (Å²) in [4.78, 5) is 34.2. The molecule has 3 aromatic rings. The zero-order valence-electron chi connectivity index (χ0n) is 19.1. The van der Waals surface area contributed by atoms with Gasteiger partial charge in [-0.05, 0) is 42.3 Å². The minimum absolute atomic E-state index is 0.0437. The molecule has 2 aliphatic heterocycles. The highest BCUT2D eigenvalue weighted by Gasteiger charge is 2.44. The molecular formula is C27H24ClFN4O2. The lowest BCUT2D eigenvalue weighted by Crippen LogP contribution is -2.55. The van der Waals surface area contributed by atoms with E-state index in [1.54, 1.807) is 29.2 Å². The molecule has 35 heavy (non-hydrogen) atoms. The Kier molecular flexibility index (Phi) is 6.26. The third kappa shape index (κ3) is 4.64. The van der Waals surface area contributed by atoms with Gasteiger partial charge in [-0.25, -0.2) is 9.18 Å². The lowest BCUT2D eigenvalue weighted by Gasteiger charge is -2.35. The molecule has 8 heteroatoms. The Bertz CT molecular complexity index is 1290. The van der Waals surface area contributed by atoms with Gasteiger partial charge in [0.25, 0.3) is 0 Å². The van der Waals surface area contributed by atoms with Crippen molar-refractivity contribution in [2.75, 3.05) is 19.6 Å². The molecule has 5 rings (SSSR count). The fourth-order valence-electron chi connectivity index (χ4n) is 4.56. The van der Waals surface area contributed by atoms with Crippen LogP contribution in [0.5, 0.6) is 0 Å². The molecule has 0 bridgehead atoms. The second kappa shape index (κ2) is 9.50. The third-order valence-electron chi connectivity index (χ3n) is 6.29. The van der Waals surface area contributed by atoms with Gasteiger partial charge in [0.1, 0.15) is 24.2 Å². The summed E-state index contributed by atoms with van der Waals surface area (Å²) in [6, 6.07) is 19.9. The Morgan fingerprint density at radius 3 is 2.49 bits per heavy atom. The van der Waals surface area contributed by atoms with Gasteiger partial charge in [-0.1, -0.05) is 65.7 Å². The van der Waals surface area contributed by atoms with E-state index in [-0.39, 0.29) is 18.5 Å². The maximum atomic E-state index is 14.4. The van der Waals surface area contributed by atoms with Crippen LogP contribution in [-0.4, -0.2) is 47.2 Å². The van der Waals surface area contributed by atoms with Gasteiger partial charge in [-0.3, -0.25) is 14.7 Å². The van der Waals surface area contributed by atoms with E-state index >= 15 is 0 Å². The molecule has 0 aliphatic carbocycles. The summed E-state index contributed by atoms with van der Waals surface area (Å²) >= 11 is 6.13. The van der Waals surface area contributed by atoms with Crippen LogP contribution in [0.3, 0.4) is 0 Å². The number of rotatable bonds is 3. The molecule has 0 spiro atoms. The normalized spacial score (nSPS) is 20.0. The van der Waals surface area contributed by atoms with Gasteiger partial charge in [0.15, 0.2) is 0 Å².